The Balaban J connectivity index is -0.000000282. The molecule has 0 aromatic rings. The Hall–Kier alpha value is -1.22. The van der Waals surface area contributed by atoms with Gasteiger partial charge in [0.15, 0.2) is 0 Å². The highest BCUT2D eigenvalue weighted by Crippen LogP contribution is 2.11. The van der Waals surface area contributed by atoms with E-state index in [1.807, 2.05) is 6.92 Å². The summed E-state index contributed by atoms with van der Waals surface area (Å²) >= 11 is 0. The van der Waals surface area contributed by atoms with Gasteiger partial charge in [-0.1, -0.05) is 33.1 Å². The van der Waals surface area contributed by atoms with Crippen LogP contribution in [0, 0.1) is 5.41 Å². The first kappa shape index (κ1) is 27.6. The molecule has 0 aromatic heterocycles. The Morgan fingerprint density at radius 3 is 1.25 bits per heavy atom. The number of hydrogen-bond donors (Lipinski definition) is 6. The van der Waals surface area contributed by atoms with Crippen LogP contribution in [-0.4, -0.2) is 69.0 Å². The van der Waals surface area contributed by atoms with E-state index in [-0.39, 0.29) is 0 Å². The summed E-state index contributed by atoms with van der Waals surface area (Å²) < 4.78 is 0. The van der Waals surface area contributed by atoms with Crippen molar-refractivity contribution in [1.29, 1.82) is 0 Å². The van der Waals surface area contributed by atoms with Crippen LogP contribution in [0.1, 0.15) is 58.8 Å². The quantitative estimate of drug-likeness (QED) is 0.298. The Bertz CT molecular complexity index is 272. The van der Waals surface area contributed by atoms with Gasteiger partial charge in [0.1, 0.15) is 0 Å². The van der Waals surface area contributed by atoms with Crippen molar-refractivity contribution < 1.29 is 40.2 Å². The molecule has 6 N–H and O–H groups in total. The molecule has 0 bridgehead atoms. The summed E-state index contributed by atoms with van der Waals surface area (Å²) in [6, 6.07) is 0. The summed E-state index contributed by atoms with van der Waals surface area (Å²) in [4.78, 5) is 19.6. The Labute approximate surface area is 143 Å². The maximum Gasteiger partial charge on any atom is 0.303 e. The molecule has 0 aliphatic heterocycles. The lowest BCUT2D eigenvalue weighted by molar-refractivity contribution is -0.138. The van der Waals surface area contributed by atoms with Gasteiger partial charge in [-0.25, -0.2) is 0 Å². The van der Waals surface area contributed by atoms with E-state index in [9.17, 15) is 9.59 Å². The standard InChI is InChI=1S/C7H14O2.C5H12O4.C4H8O2/c1-2-3-4-5-6-7(8)9;6-1-5(2-7,3-8)4-9;1-2-3-4(5)6/h2-6H2,1H3,(H,8,9);6-9H,1-4H2;2-3H2,1H3,(H,5,6). The third-order valence-corrected chi connectivity index (χ3v) is 3.05. The van der Waals surface area contributed by atoms with Crippen LogP contribution in [0.25, 0.3) is 0 Å². The first-order chi connectivity index (χ1) is 11.3. The molecule has 0 atom stereocenters. The summed E-state index contributed by atoms with van der Waals surface area (Å²) in [5.41, 5.74) is -1.11. The SMILES string of the molecule is CCCC(=O)O.CCCCCCC(=O)O.OCC(CO)(CO)CO. The monoisotopic (exact) mass is 354 g/mol. The number of carboxylic acids is 2. The van der Waals surface area contributed by atoms with Crippen LogP contribution < -0.4 is 0 Å². The van der Waals surface area contributed by atoms with Crippen LogP contribution in [-0.2, 0) is 9.59 Å². The molecule has 0 spiro atoms. The van der Waals surface area contributed by atoms with Crippen LogP contribution >= 0.6 is 0 Å². The van der Waals surface area contributed by atoms with Gasteiger partial charge in [-0.3, -0.25) is 9.59 Å². The van der Waals surface area contributed by atoms with Crippen molar-refractivity contribution in [2.24, 2.45) is 5.41 Å². The number of aliphatic hydroxyl groups is 4. The van der Waals surface area contributed by atoms with Crippen LogP contribution in [0.3, 0.4) is 0 Å². The van der Waals surface area contributed by atoms with Crippen molar-refractivity contribution in [1.82, 2.24) is 0 Å². The number of aliphatic hydroxyl groups excluding tert-OH is 4. The van der Waals surface area contributed by atoms with Gasteiger partial charge in [-0.2, -0.15) is 0 Å². The van der Waals surface area contributed by atoms with Crippen molar-refractivity contribution in [2.75, 3.05) is 26.4 Å². The van der Waals surface area contributed by atoms with Gasteiger partial charge in [-0.05, 0) is 12.8 Å². The predicted molar refractivity (Wildman–Crippen MR) is 89.7 cm³/mol. The van der Waals surface area contributed by atoms with E-state index >= 15 is 0 Å². The lowest BCUT2D eigenvalue weighted by atomic mass is 9.93. The first-order valence-corrected chi connectivity index (χ1v) is 8.16. The highest BCUT2D eigenvalue weighted by Gasteiger charge is 2.26. The van der Waals surface area contributed by atoms with Gasteiger partial charge in [0.2, 0.25) is 0 Å². The molecule has 0 aliphatic carbocycles. The van der Waals surface area contributed by atoms with E-state index in [1.54, 1.807) is 0 Å². The second-order valence-electron chi connectivity index (χ2n) is 5.48. The topological polar surface area (TPSA) is 156 Å². The van der Waals surface area contributed by atoms with E-state index in [1.165, 1.54) is 6.42 Å². The molecule has 0 fully saturated rings. The van der Waals surface area contributed by atoms with Gasteiger partial charge in [-0.15, -0.1) is 0 Å². The molecule has 0 saturated carbocycles. The smallest absolute Gasteiger partial charge is 0.303 e. The normalized spacial score (nSPS) is 10.1. The number of rotatable bonds is 11. The fourth-order valence-electron chi connectivity index (χ4n) is 1.22. The van der Waals surface area contributed by atoms with Crippen molar-refractivity contribution in [2.45, 2.75) is 58.8 Å². The molecular weight excluding hydrogens is 320 g/mol. The minimum atomic E-state index is -1.11. The highest BCUT2D eigenvalue weighted by molar-refractivity contribution is 5.66. The van der Waals surface area contributed by atoms with E-state index in [0.29, 0.717) is 12.8 Å². The van der Waals surface area contributed by atoms with Crippen molar-refractivity contribution in [3.05, 3.63) is 0 Å². The summed E-state index contributed by atoms with van der Waals surface area (Å²) in [6.45, 7) is 2.33. The number of aliphatic carboxylic acids is 2. The van der Waals surface area contributed by atoms with Crippen LogP contribution in [0.2, 0.25) is 0 Å². The summed E-state index contributed by atoms with van der Waals surface area (Å²) in [5, 5.41) is 50.1. The van der Waals surface area contributed by atoms with E-state index in [0.717, 1.165) is 25.7 Å². The van der Waals surface area contributed by atoms with E-state index < -0.39 is 43.8 Å². The number of unbranched alkanes of at least 4 members (excludes halogenated alkanes) is 3. The van der Waals surface area contributed by atoms with Crippen molar-refractivity contribution >= 4 is 11.9 Å². The number of hydrogen-bond acceptors (Lipinski definition) is 6. The van der Waals surface area contributed by atoms with Gasteiger partial charge in [0, 0.05) is 12.8 Å². The average molecular weight is 354 g/mol. The molecule has 24 heavy (non-hydrogen) atoms. The molecule has 8 nitrogen and oxygen atoms in total. The second-order valence-corrected chi connectivity index (χ2v) is 5.48. The number of carbonyl (C=O) groups is 2. The molecule has 0 radical (unpaired) electrons. The minimum absolute atomic E-state index is 0.292. The lowest BCUT2D eigenvalue weighted by Crippen LogP contribution is -2.37. The summed E-state index contributed by atoms with van der Waals surface area (Å²) in [5.74, 6) is -1.39. The van der Waals surface area contributed by atoms with E-state index in [4.69, 9.17) is 30.6 Å². The van der Waals surface area contributed by atoms with E-state index in [2.05, 4.69) is 6.92 Å². The molecule has 0 unspecified atom stereocenters. The third kappa shape index (κ3) is 20.8. The van der Waals surface area contributed by atoms with Gasteiger partial charge >= 0.3 is 11.9 Å². The molecule has 8 heteroatoms. The number of carboxylic acid groups (broad SMARTS) is 2. The average Bonchev–Trinajstić information content (AvgIpc) is 2.55. The van der Waals surface area contributed by atoms with Gasteiger partial charge in [0.25, 0.3) is 0 Å². The Kier molecular flexibility index (Phi) is 22.8. The summed E-state index contributed by atoms with van der Waals surface area (Å²) in [7, 11) is 0. The largest absolute Gasteiger partial charge is 0.481 e. The zero-order valence-electron chi connectivity index (χ0n) is 14.8. The van der Waals surface area contributed by atoms with Crippen LogP contribution in [0.4, 0.5) is 0 Å². The first-order valence-electron chi connectivity index (χ1n) is 8.16. The molecule has 0 rings (SSSR count). The molecule has 0 aliphatic rings. The molecular formula is C16H34O8. The van der Waals surface area contributed by atoms with Crippen LogP contribution in [0.15, 0.2) is 0 Å². The van der Waals surface area contributed by atoms with Gasteiger partial charge in [0.05, 0.1) is 31.8 Å². The lowest BCUT2D eigenvalue weighted by Gasteiger charge is -2.23. The third-order valence-electron chi connectivity index (χ3n) is 3.05. The molecule has 0 aromatic carbocycles. The fourth-order valence-corrected chi connectivity index (χ4v) is 1.22. The zero-order chi connectivity index (χ0) is 19.4. The highest BCUT2D eigenvalue weighted by atomic mass is 16.4. The Morgan fingerprint density at radius 1 is 0.667 bits per heavy atom. The maximum absolute atomic E-state index is 9.96. The van der Waals surface area contributed by atoms with Gasteiger partial charge < -0.3 is 30.6 Å². The zero-order valence-corrected chi connectivity index (χ0v) is 14.8. The van der Waals surface area contributed by atoms with Crippen molar-refractivity contribution in [3.63, 3.8) is 0 Å². The second kappa shape index (κ2) is 19.8. The Morgan fingerprint density at radius 2 is 1.08 bits per heavy atom. The maximum atomic E-state index is 9.96. The summed E-state index contributed by atoms with van der Waals surface area (Å²) in [6.07, 6.45) is 5.58. The minimum Gasteiger partial charge on any atom is -0.481 e. The molecule has 0 heterocycles. The molecule has 0 amide bonds. The van der Waals surface area contributed by atoms with Crippen molar-refractivity contribution in [3.8, 4) is 0 Å². The fraction of sp³-hybridized carbons (Fsp3) is 0.875. The molecule has 146 valence electrons. The molecule has 0 saturated heterocycles. The predicted octanol–water partition coefficient (Wildman–Crippen LogP) is 0.854. The van der Waals surface area contributed by atoms with Crippen LogP contribution in [0.5, 0.6) is 0 Å².